The molecule has 0 bridgehead atoms. The number of rotatable bonds is 4. The first kappa shape index (κ1) is 22.1. The van der Waals surface area contributed by atoms with E-state index in [2.05, 4.69) is 4.98 Å². The molecule has 0 unspecified atom stereocenters. The molecule has 0 aliphatic carbocycles. The van der Waals surface area contributed by atoms with Crippen molar-refractivity contribution >= 4 is 40.3 Å². The van der Waals surface area contributed by atoms with Crippen molar-refractivity contribution in [3.05, 3.63) is 66.1 Å². The van der Waals surface area contributed by atoms with Crippen LogP contribution in [0.25, 0.3) is 10.9 Å². The number of benzene rings is 2. The number of hydrogen-bond donors (Lipinski definition) is 0. The van der Waals surface area contributed by atoms with Gasteiger partial charge in [0.2, 0.25) is 0 Å². The molecule has 2 aromatic carbocycles. The van der Waals surface area contributed by atoms with E-state index in [-0.39, 0.29) is 34.4 Å². The minimum absolute atomic E-state index is 0.0263. The number of aromatic nitrogens is 1. The average Bonchev–Trinajstić information content (AvgIpc) is 2.88. The normalized spacial score (nSPS) is 16.3. The highest BCUT2D eigenvalue weighted by molar-refractivity contribution is 8.00. The predicted molar refractivity (Wildman–Crippen MR) is 113 cm³/mol. The van der Waals surface area contributed by atoms with Crippen LogP contribution in [-0.2, 0) is 11.3 Å². The number of carbonyl (C=O) groups is 2. The molecule has 3 amide bonds. The summed E-state index contributed by atoms with van der Waals surface area (Å²) >= 11 is -0.277. The Hall–Kier alpha value is -3.14. The molecule has 1 aliphatic heterocycles. The van der Waals surface area contributed by atoms with Crippen molar-refractivity contribution in [2.75, 3.05) is 4.90 Å². The second kappa shape index (κ2) is 7.77. The van der Waals surface area contributed by atoms with Crippen LogP contribution in [0.3, 0.4) is 0 Å². The molecular formula is C22H17F4N3O2S. The maximum atomic E-state index is 14.1. The second-order valence-electron chi connectivity index (χ2n) is 7.72. The first-order valence-electron chi connectivity index (χ1n) is 9.53. The van der Waals surface area contributed by atoms with E-state index < -0.39 is 28.8 Å². The van der Waals surface area contributed by atoms with Crippen LogP contribution in [-0.4, -0.2) is 32.9 Å². The summed E-state index contributed by atoms with van der Waals surface area (Å²) in [6.07, 6.45) is 1.44. The lowest BCUT2D eigenvalue weighted by molar-refractivity contribution is -0.123. The Labute approximate surface area is 185 Å². The van der Waals surface area contributed by atoms with E-state index in [0.29, 0.717) is 10.9 Å². The lowest BCUT2D eigenvalue weighted by atomic mass is 10.0. The van der Waals surface area contributed by atoms with Crippen LogP contribution >= 0.6 is 11.8 Å². The van der Waals surface area contributed by atoms with Gasteiger partial charge in [0.15, 0.2) is 0 Å². The summed E-state index contributed by atoms with van der Waals surface area (Å²) in [5, 5.41) is 0.524. The van der Waals surface area contributed by atoms with Crippen LogP contribution in [0.4, 0.5) is 28.0 Å². The molecule has 1 aliphatic rings. The van der Waals surface area contributed by atoms with E-state index in [0.717, 1.165) is 4.90 Å². The Balaban J connectivity index is 1.66. The van der Waals surface area contributed by atoms with Crippen LogP contribution in [0.2, 0.25) is 0 Å². The molecule has 4 rings (SSSR count). The summed E-state index contributed by atoms with van der Waals surface area (Å²) in [5.41, 5.74) is -4.71. The molecule has 3 aromatic rings. The zero-order valence-corrected chi connectivity index (χ0v) is 17.8. The minimum atomic E-state index is -4.44. The van der Waals surface area contributed by atoms with Crippen LogP contribution in [0, 0.1) is 5.82 Å². The first-order valence-corrected chi connectivity index (χ1v) is 10.3. The number of pyridine rings is 1. The van der Waals surface area contributed by atoms with Gasteiger partial charge in [0.1, 0.15) is 16.9 Å². The van der Waals surface area contributed by atoms with E-state index in [1.807, 2.05) is 0 Å². The van der Waals surface area contributed by atoms with Gasteiger partial charge in [-0.25, -0.2) is 14.1 Å². The fourth-order valence-corrected chi connectivity index (χ4v) is 4.17. The zero-order chi connectivity index (χ0) is 23.3. The van der Waals surface area contributed by atoms with Gasteiger partial charge < -0.3 is 4.90 Å². The first-order chi connectivity index (χ1) is 15.0. The number of imide groups is 1. The fraction of sp³-hybridized carbons (Fsp3) is 0.227. The molecule has 1 aromatic heterocycles. The van der Waals surface area contributed by atoms with Crippen molar-refractivity contribution in [3.63, 3.8) is 0 Å². The van der Waals surface area contributed by atoms with Crippen molar-refractivity contribution in [2.24, 2.45) is 0 Å². The molecule has 32 heavy (non-hydrogen) atoms. The van der Waals surface area contributed by atoms with E-state index in [1.54, 1.807) is 26.0 Å². The number of para-hydroxylation sites is 1. The fourth-order valence-electron chi connectivity index (χ4n) is 3.63. The van der Waals surface area contributed by atoms with Gasteiger partial charge in [0, 0.05) is 23.0 Å². The van der Waals surface area contributed by atoms with Gasteiger partial charge >= 0.3 is 11.5 Å². The van der Waals surface area contributed by atoms with Crippen molar-refractivity contribution in [1.29, 1.82) is 0 Å². The summed E-state index contributed by atoms with van der Waals surface area (Å²) in [7, 11) is 0. The highest BCUT2D eigenvalue weighted by atomic mass is 32.2. The minimum Gasteiger partial charge on any atom is -0.305 e. The average molecular weight is 463 g/mol. The Morgan fingerprint density at radius 2 is 1.72 bits per heavy atom. The topological polar surface area (TPSA) is 53.5 Å². The van der Waals surface area contributed by atoms with Gasteiger partial charge in [-0.1, -0.05) is 12.1 Å². The Morgan fingerprint density at radius 1 is 1.03 bits per heavy atom. The molecule has 1 fully saturated rings. The largest absolute Gasteiger partial charge is 0.446 e. The van der Waals surface area contributed by atoms with Gasteiger partial charge in [0.05, 0.1) is 5.69 Å². The molecular weight excluding hydrogens is 446 g/mol. The number of fused-ring (bicyclic) bond motifs is 1. The van der Waals surface area contributed by atoms with Crippen LogP contribution < -0.4 is 4.90 Å². The van der Waals surface area contributed by atoms with Gasteiger partial charge in [-0.2, -0.15) is 13.2 Å². The highest BCUT2D eigenvalue weighted by Gasteiger charge is 2.51. The molecule has 0 spiro atoms. The Morgan fingerprint density at radius 3 is 2.38 bits per heavy atom. The second-order valence-corrected chi connectivity index (χ2v) is 8.85. The smallest absolute Gasteiger partial charge is 0.305 e. The van der Waals surface area contributed by atoms with E-state index in [1.165, 1.54) is 47.5 Å². The predicted octanol–water partition coefficient (Wildman–Crippen LogP) is 5.73. The van der Waals surface area contributed by atoms with Crippen molar-refractivity contribution in [1.82, 2.24) is 9.88 Å². The maximum absolute atomic E-state index is 14.1. The molecule has 0 atom stereocenters. The van der Waals surface area contributed by atoms with E-state index in [4.69, 9.17) is 0 Å². The number of alkyl halides is 3. The monoisotopic (exact) mass is 463 g/mol. The van der Waals surface area contributed by atoms with Crippen molar-refractivity contribution < 1.29 is 27.2 Å². The molecule has 5 nitrogen and oxygen atoms in total. The number of halogens is 4. The van der Waals surface area contributed by atoms with Crippen LogP contribution in [0.5, 0.6) is 0 Å². The standard InChI is InChI=1S/C22H17F4N3O2S/c1-21(2)19(30)29(14-6-8-15(9-7-14)32-22(24,25)26)20(31)28(21)12-13-10-11-27-18-16(13)4-3-5-17(18)23/h3-11H,12H2,1-2H3. The maximum Gasteiger partial charge on any atom is 0.446 e. The number of nitrogens with zero attached hydrogens (tertiary/aromatic N) is 3. The lowest BCUT2D eigenvalue weighted by Crippen LogP contribution is -2.43. The summed E-state index contributed by atoms with van der Waals surface area (Å²) < 4.78 is 51.8. The summed E-state index contributed by atoms with van der Waals surface area (Å²) in [5.74, 6) is -1.01. The summed E-state index contributed by atoms with van der Waals surface area (Å²) in [6.45, 7) is 3.20. The lowest BCUT2D eigenvalue weighted by Gasteiger charge is -2.28. The van der Waals surface area contributed by atoms with Crippen molar-refractivity contribution in [2.45, 2.75) is 36.3 Å². The van der Waals surface area contributed by atoms with Gasteiger partial charge in [0.25, 0.3) is 5.91 Å². The van der Waals surface area contributed by atoms with Crippen LogP contribution in [0.1, 0.15) is 19.4 Å². The van der Waals surface area contributed by atoms with Gasteiger partial charge in [-0.3, -0.25) is 9.78 Å². The Kier molecular flexibility index (Phi) is 5.36. The van der Waals surface area contributed by atoms with Gasteiger partial charge in [-0.05, 0) is 67.6 Å². The third-order valence-electron chi connectivity index (χ3n) is 5.29. The number of amides is 3. The SMILES string of the molecule is CC1(C)C(=O)N(c2ccc(SC(F)(F)F)cc2)C(=O)N1Cc1ccnc2c(F)cccc12. The quantitative estimate of drug-likeness (QED) is 0.282. The van der Waals surface area contributed by atoms with Crippen LogP contribution in [0.15, 0.2) is 59.6 Å². The van der Waals surface area contributed by atoms with E-state index in [9.17, 15) is 27.2 Å². The van der Waals surface area contributed by atoms with Crippen molar-refractivity contribution in [3.8, 4) is 0 Å². The number of hydrogen-bond acceptors (Lipinski definition) is 4. The summed E-state index contributed by atoms with van der Waals surface area (Å²) in [4.78, 5) is 32.6. The van der Waals surface area contributed by atoms with Gasteiger partial charge in [-0.15, -0.1) is 0 Å². The Bertz CT molecular complexity index is 1210. The molecule has 0 saturated carbocycles. The zero-order valence-electron chi connectivity index (χ0n) is 17.0. The molecule has 1 saturated heterocycles. The summed E-state index contributed by atoms with van der Waals surface area (Å²) in [6, 6.07) is 10.6. The molecule has 0 N–H and O–H groups in total. The number of carbonyl (C=O) groups excluding carboxylic acids is 2. The molecule has 2 heterocycles. The highest BCUT2D eigenvalue weighted by Crippen LogP contribution is 2.39. The molecule has 0 radical (unpaired) electrons. The molecule has 166 valence electrons. The third kappa shape index (κ3) is 3.90. The third-order valence-corrected chi connectivity index (χ3v) is 6.03. The number of anilines is 1. The number of thioether (sulfide) groups is 1. The molecule has 10 heteroatoms. The number of urea groups is 1. The van der Waals surface area contributed by atoms with E-state index >= 15 is 0 Å².